The molecule has 1 fully saturated rings. The molecule has 0 spiro atoms. The minimum atomic E-state index is 0.288. The molecule has 1 aliphatic carbocycles. The number of para-hydroxylation sites is 1. The maximum Gasteiger partial charge on any atom is 0.142 e. The van der Waals surface area contributed by atoms with Gasteiger partial charge in [-0.05, 0) is 25.3 Å². The number of aromatic nitrogens is 2. The predicted molar refractivity (Wildman–Crippen MR) is 71.4 cm³/mol. The van der Waals surface area contributed by atoms with E-state index in [0.717, 1.165) is 29.6 Å². The number of hydrogen-bond acceptors (Lipinski definition) is 2. The van der Waals surface area contributed by atoms with Crippen molar-refractivity contribution in [2.24, 2.45) is 11.8 Å². The summed E-state index contributed by atoms with van der Waals surface area (Å²) in [4.78, 5) is 12.1. The van der Waals surface area contributed by atoms with E-state index in [-0.39, 0.29) is 5.92 Å². The summed E-state index contributed by atoms with van der Waals surface area (Å²) in [6.45, 7) is 5.06. The van der Waals surface area contributed by atoms with Gasteiger partial charge in [-0.25, -0.2) is 0 Å². The SMILES string of the molecule is CCn1nc(CC(=O)C2CC2C)c2ccccc21. The molecule has 1 saturated carbocycles. The highest BCUT2D eigenvalue weighted by Crippen LogP contribution is 2.39. The van der Waals surface area contributed by atoms with Crippen LogP contribution in [-0.4, -0.2) is 15.6 Å². The van der Waals surface area contributed by atoms with Crippen molar-refractivity contribution in [2.75, 3.05) is 0 Å². The van der Waals surface area contributed by atoms with Crippen LogP contribution in [0.25, 0.3) is 10.9 Å². The van der Waals surface area contributed by atoms with Crippen LogP contribution in [-0.2, 0) is 17.8 Å². The molecular weight excluding hydrogens is 224 g/mol. The molecule has 1 heterocycles. The van der Waals surface area contributed by atoms with Gasteiger partial charge in [-0.1, -0.05) is 25.1 Å². The average molecular weight is 242 g/mol. The van der Waals surface area contributed by atoms with Gasteiger partial charge in [-0.3, -0.25) is 9.48 Å². The third kappa shape index (κ3) is 1.84. The summed E-state index contributed by atoms with van der Waals surface area (Å²) in [5, 5.41) is 5.70. The summed E-state index contributed by atoms with van der Waals surface area (Å²) in [5.74, 6) is 1.22. The maximum absolute atomic E-state index is 12.1. The van der Waals surface area contributed by atoms with Gasteiger partial charge in [0.25, 0.3) is 0 Å². The summed E-state index contributed by atoms with van der Waals surface area (Å²) >= 11 is 0. The van der Waals surface area contributed by atoms with Crippen LogP contribution in [0.2, 0.25) is 0 Å². The van der Waals surface area contributed by atoms with Crippen LogP contribution in [0.15, 0.2) is 24.3 Å². The molecule has 0 radical (unpaired) electrons. The highest BCUT2D eigenvalue weighted by Gasteiger charge is 2.38. The number of fused-ring (bicyclic) bond motifs is 1. The molecule has 94 valence electrons. The summed E-state index contributed by atoms with van der Waals surface area (Å²) < 4.78 is 1.98. The first-order chi connectivity index (χ1) is 8.70. The fourth-order valence-corrected chi connectivity index (χ4v) is 2.63. The number of hydrogen-bond donors (Lipinski definition) is 0. The minimum absolute atomic E-state index is 0.288. The van der Waals surface area contributed by atoms with Crippen molar-refractivity contribution in [1.82, 2.24) is 9.78 Å². The molecule has 3 nitrogen and oxygen atoms in total. The first-order valence-corrected chi connectivity index (χ1v) is 6.67. The van der Waals surface area contributed by atoms with Crippen LogP contribution in [0.5, 0.6) is 0 Å². The predicted octanol–water partition coefficient (Wildman–Crippen LogP) is 2.82. The van der Waals surface area contributed by atoms with E-state index in [4.69, 9.17) is 0 Å². The molecule has 0 amide bonds. The lowest BCUT2D eigenvalue weighted by molar-refractivity contribution is -0.119. The summed E-state index contributed by atoms with van der Waals surface area (Å²) in [6, 6.07) is 8.16. The Morgan fingerprint density at radius 2 is 2.17 bits per heavy atom. The molecule has 0 saturated heterocycles. The molecule has 3 rings (SSSR count). The molecule has 0 aliphatic heterocycles. The molecule has 2 aromatic rings. The Morgan fingerprint density at radius 3 is 2.83 bits per heavy atom. The van der Waals surface area contributed by atoms with E-state index in [0.29, 0.717) is 18.1 Å². The van der Waals surface area contributed by atoms with Crippen LogP contribution in [0.4, 0.5) is 0 Å². The van der Waals surface area contributed by atoms with E-state index in [1.165, 1.54) is 0 Å². The molecule has 1 aromatic heterocycles. The van der Waals surface area contributed by atoms with E-state index in [1.807, 2.05) is 16.8 Å². The lowest BCUT2D eigenvalue weighted by Gasteiger charge is -1.96. The quantitative estimate of drug-likeness (QED) is 0.826. The molecule has 0 bridgehead atoms. The third-order valence-corrected chi connectivity index (χ3v) is 3.90. The van der Waals surface area contributed by atoms with Gasteiger partial charge in [0.1, 0.15) is 5.78 Å². The molecule has 1 aromatic carbocycles. The molecule has 2 unspecified atom stereocenters. The first kappa shape index (κ1) is 11.5. The lowest BCUT2D eigenvalue weighted by atomic mass is 10.1. The van der Waals surface area contributed by atoms with Crippen molar-refractivity contribution in [1.29, 1.82) is 0 Å². The fourth-order valence-electron chi connectivity index (χ4n) is 2.63. The zero-order valence-electron chi connectivity index (χ0n) is 10.9. The zero-order chi connectivity index (χ0) is 12.7. The third-order valence-electron chi connectivity index (χ3n) is 3.90. The Morgan fingerprint density at radius 1 is 1.44 bits per heavy atom. The monoisotopic (exact) mass is 242 g/mol. The van der Waals surface area contributed by atoms with Gasteiger partial charge in [0.05, 0.1) is 17.6 Å². The van der Waals surface area contributed by atoms with Crippen LogP contribution in [0.3, 0.4) is 0 Å². The molecule has 18 heavy (non-hydrogen) atoms. The van der Waals surface area contributed by atoms with Crippen LogP contribution in [0.1, 0.15) is 26.0 Å². The van der Waals surface area contributed by atoms with Gasteiger partial charge >= 0.3 is 0 Å². The number of carbonyl (C=O) groups excluding carboxylic acids is 1. The van der Waals surface area contributed by atoms with Crippen molar-refractivity contribution < 1.29 is 4.79 Å². The number of aryl methyl sites for hydroxylation is 1. The lowest BCUT2D eigenvalue weighted by Crippen LogP contribution is -2.07. The number of carbonyl (C=O) groups is 1. The van der Waals surface area contributed by atoms with Gasteiger partial charge in [0.15, 0.2) is 0 Å². The van der Waals surface area contributed by atoms with Gasteiger partial charge < -0.3 is 0 Å². The Kier molecular flexibility index (Phi) is 2.69. The Bertz CT molecular complexity index is 600. The normalized spacial score (nSPS) is 22.3. The van der Waals surface area contributed by atoms with Crippen LogP contribution < -0.4 is 0 Å². The van der Waals surface area contributed by atoms with E-state index < -0.39 is 0 Å². The van der Waals surface area contributed by atoms with Crippen molar-refractivity contribution in [3.8, 4) is 0 Å². The van der Waals surface area contributed by atoms with Crippen molar-refractivity contribution in [3.63, 3.8) is 0 Å². The van der Waals surface area contributed by atoms with Gasteiger partial charge in [0, 0.05) is 17.8 Å². The van der Waals surface area contributed by atoms with Crippen molar-refractivity contribution in [3.05, 3.63) is 30.0 Å². The number of nitrogens with zero attached hydrogens (tertiary/aromatic N) is 2. The number of Topliss-reactive ketones (excluding diaryl/α,β-unsaturated/α-hetero) is 1. The minimum Gasteiger partial charge on any atom is -0.299 e. The Balaban J connectivity index is 1.94. The molecular formula is C15H18N2O. The summed E-state index contributed by atoms with van der Waals surface area (Å²) in [6.07, 6.45) is 1.55. The zero-order valence-corrected chi connectivity index (χ0v) is 10.9. The second kappa shape index (κ2) is 4.23. The molecule has 3 heteroatoms. The van der Waals surface area contributed by atoms with Crippen LogP contribution in [0, 0.1) is 11.8 Å². The first-order valence-electron chi connectivity index (χ1n) is 6.67. The molecule has 2 atom stereocenters. The standard InChI is InChI=1S/C15H18N2O/c1-3-17-14-7-5-4-6-11(14)13(16-17)9-15(18)12-8-10(12)2/h4-7,10,12H,3,8-9H2,1-2H3. The van der Waals surface area contributed by atoms with E-state index >= 15 is 0 Å². The van der Waals surface area contributed by atoms with E-state index in [9.17, 15) is 4.79 Å². The fraction of sp³-hybridized carbons (Fsp3) is 0.467. The smallest absolute Gasteiger partial charge is 0.142 e. The molecule has 0 N–H and O–H groups in total. The van der Waals surface area contributed by atoms with E-state index in [1.54, 1.807) is 0 Å². The van der Waals surface area contributed by atoms with Crippen molar-refractivity contribution in [2.45, 2.75) is 33.2 Å². The second-order valence-corrected chi connectivity index (χ2v) is 5.24. The number of benzene rings is 1. The number of ketones is 1. The summed E-state index contributed by atoms with van der Waals surface area (Å²) in [7, 11) is 0. The average Bonchev–Trinajstić information content (AvgIpc) is 3.01. The van der Waals surface area contributed by atoms with Gasteiger partial charge in [0.2, 0.25) is 0 Å². The largest absolute Gasteiger partial charge is 0.299 e. The highest BCUT2D eigenvalue weighted by atomic mass is 16.1. The topological polar surface area (TPSA) is 34.9 Å². The van der Waals surface area contributed by atoms with Crippen LogP contribution >= 0.6 is 0 Å². The number of rotatable bonds is 4. The maximum atomic E-state index is 12.1. The molecule has 1 aliphatic rings. The Hall–Kier alpha value is -1.64. The van der Waals surface area contributed by atoms with Gasteiger partial charge in [-0.15, -0.1) is 0 Å². The van der Waals surface area contributed by atoms with Crippen molar-refractivity contribution >= 4 is 16.7 Å². The second-order valence-electron chi connectivity index (χ2n) is 5.24. The Labute approximate surface area is 107 Å². The highest BCUT2D eigenvalue weighted by molar-refractivity contribution is 5.90. The van der Waals surface area contributed by atoms with E-state index in [2.05, 4.69) is 31.1 Å². The van der Waals surface area contributed by atoms with Gasteiger partial charge in [-0.2, -0.15) is 5.10 Å². The summed E-state index contributed by atoms with van der Waals surface area (Å²) in [5.41, 5.74) is 2.07.